The van der Waals surface area contributed by atoms with Crippen LogP contribution in [-0.4, -0.2) is 31.1 Å². The second kappa shape index (κ2) is 7.34. The lowest BCUT2D eigenvalue weighted by Gasteiger charge is -2.25. The lowest BCUT2D eigenvalue weighted by molar-refractivity contribution is 0.230. The predicted molar refractivity (Wildman–Crippen MR) is 59.8 cm³/mol. The van der Waals surface area contributed by atoms with E-state index in [2.05, 4.69) is 32.7 Å². The first-order valence-electron chi connectivity index (χ1n) is 5.52. The van der Waals surface area contributed by atoms with E-state index in [0.29, 0.717) is 5.92 Å². The van der Waals surface area contributed by atoms with E-state index >= 15 is 0 Å². The Morgan fingerprint density at radius 1 is 1.23 bits per heavy atom. The Morgan fingerprint density at radius 2 is 1.85 bits per heavy atom. The van der Waals surface area contributed by atoms with Crippen molar-refractivity contribution < 1.29 is 0 Å². The Bertz CT molecular complexity index is 115. The molecule has 0 radical (unpaired) electrons. The van der Waals surface area contributed by atoms with Gasteiger partial charge >= 0.3 is 0 Å². The van der Waals surface area contributed by atoms with E-state index in [1.54, 1.807) is 0 Å². The molecular formula is C11H26N2. The Kier molecular flexibility index (Phi) is 7.29. The van der Waals surface area contributed by atoms with Gasteiger partial charge in [0.25, 0.3) is 0 Å². The van der Waals surface area contributed by atoms with Gasteiger partial charge in [-0.2, -0.15) is 0 Å². The van der Waals surface area contributed by atoms with Crippen LogP contribution in [0.3, 0.4) is 0 Å². The van der Waals surface area contributed by atoms with E-state index in [-0.39, 0.29) is 0 Å². The van der Waals surface area contributed by atoms with Crippen LogP contribution in [0, 0.1) is 5.92 Å². The third kappa shape index (κ3) is 6.05. The minimum Gasteiger partial charge on any atom is -0.330 e. The molecule has 2 atom stereocenters. The predicted octanol–water partition coefficient (Wildman–Crippen LogP) is 2.09. The molecule has 80 valence electrons. The normalized spacial score (nSPS) is 16.2. The van der Waals surface area contributed by atoms with Gasteiger partial charge in [0.15, 0.2) is 0 Å². The highest BCUT2D eigenvalue weighted by molar-refractivity contribution is 4.64. The van der Waals surface area contributed by atoms with Gasteiger partial charge in [-0.3, -0.25) is 0 Å². The van der Waals surface area contributed by atoms with Gasteiger partial charge in [0.2, 0.25) is 0 Å². The largest absolute Gasteiger partial charge is 0.330 e. The molecule has 0 saturated heterocycles. The van der Waals surface area contributed by atoms with Crippen LogP contribution in [0.1, 0.15) is 40.0 Å². The van der Waals surface area contributed by atoms with Crippen LogP contribution in [0.2, 0.25) is 0 Å². The van der Waals surface area contributed by atoms with Crippen molar-refractivity contribution in [3.05, 3.63) is 0 Å². The molecule has 0 rings (SSSR count). The molecule has 0 aliphatic rings. The first kappa shape index (κ1) is 12.9. The van der Waals surface area contributed by atoms with Gasteiger partial charge in [0.05, 0.1) is 0 Å². The Balaban J connectivity index is 3.54. The molecule has 0 spiro atoms. The molecular weight excluding hydrogens is 160 g/mol. The smallest absolute Gasteiger partial charge is 0.00637 e. The van der Waals surface area contributed by atoms with Gasteiger partial charge in [-0.15, -0.1) is 0 Å². The van der Waals surface area contributed by atoms with Crippen LogP contribution in [0.4, 0.5) is 0 Å². The summed E-state index contributed by atoms with van der Waals surface area (Å²) in [6.45, 7) is 8.76. The molecule has 0 aromatic carbocycles. The molecule has 0 fully saturated rings. The van der Waals surface area contributed by atoms with Crippen molar-refractivity contribution in [2.24, 2.45) is 11.7 Å². The highest BCUT2D eigenvalue weighted by Gasteiger charge is 2.08. The quantitative estimate of drug-likeness (QED) is 0.659. The number of nitrogens with two attached hydrogens (primary N) is 1. The number of nitrogens with zero attached hydrogens (tertiary/aromatic N) is 1. The molecule has 13 heavy (non-hydrogen) atoms. The van der Waals surface area contributed by atoms with Crippen LogP contribution in [0.15, 0.2) is 0 Å². The molecule has 0 aliphatic heterocycles. The van der Waals surface area contributed by atoms with Gasteiger partial charge in [0, 0.05) is 6.04 Å². The zero-order chi connectivity index (χ0) is 10.3. The van der Waals surface area contributed by atoms with Crippen LogP contribution in [0.5, 0.6) is 0 Å². The average Bonchev–Trinajstić information content (AvgIpc) is 2.13. The van der Waals surface area contributed by atoms with Crippen LogP contribution in [0.25, 0.3) is 0 Å². The Labute approximate surface area is 83.5 Å². The second-order valence-electron chi connectivity index (χ2n) is 4.25. The first-order valence-corrected chi connectivity index (χ1v) is 5.52. The zero-order valence-corrected chi connectivity index (χ0v) is 9.71. The summed E-state index contributed by atoms with van der Waals surface area (Å²) >= 11 is 0. The summed E-state index contributed by atoms with van der Waals surface area (Å²) in [5, 5.41) is 0. The van der Waals surface area contributed by atoms with E-state index in [4.69, 9.17) is 5.73 Å². The maximum absolute atomic E-state index is 5.57. The lowest BCUT2D eigenvalue weighted by atomic mass is 10.1. The standard InChI is InChI=1S/C11H26N2/c1-5-6-11(3)13(4)8-7-10(2)9-12/h10-11H,5-9,12H2,1-4H3. The third-order valence-electron chi connectivity index (χ3n) is 2.84. The highest BCUT2D eigenvalue weighted by Crippen LogP contribution is 2.07. The molecule has 0 heterocycles. The topological polar surface area (TPSA) is 29.3 Å². The van der Waals surface area contributed by atoms with Gasteiger partial charge in [-0.05, 0) is 45.8 Å². The van der Waals surface area contributed by atoms with E-state index in [0.717, 1.165) is 12.6 Å². The number of hydrogen-bond donors (Lipinski definition) is 1. The molecule has 2 heteroatoms. The Morgan fingerprint density at radius 3 is 2.31 bits per heavy atom. The summed E-state index contributed by atoms with van der Waals surface area (Å²) in [5.41, 5.74) is 5.57. The number of hydrogen-bond acceptors (Lipinski definition) is 2. The molecule has 0 saturated carbocycles. The molecule has 0 bridgehead atoms. The van der Waals surface area contributed by atoms with E-state index in [1.807, 2.05) is 0 Å². The van der Waals surface area contributed by atoms with Crippen molar-refractivity contribution >= 4 is 0 Å². The SMILES string of the molecule is CCCC(C)N(C)CCC(C)CN. The summed E-state index contributed by atoms with van der Waals surface area (Å²) in [6.07, 6.45) is 3.80. The molecule has 0 amide bonds. The van der Waals surface area contributed by atoms with Crippen molar-refractivity contribution in [1.82, 2.24) is 4.90 Å². The van der Waals surface area contributed by atoms with Crippen molar-refractivity contribution in [1.29, 1.82) is 0 Å². The summed E-state index contributed by atoms with van der Waals surface area (Å²) in [5.74, 6) is 0.663. The van der Waals surface area contributed by atoms with Crippen LogP contribution >= 0.6 is 0 Å². The Hall–Kier alpha value is -0.0800. The summed E-state index contributed by atoms with van der Waals surface area (Å²) < 4.78 is 0. The summed E-state index contributed by atoms with van der Waals surface area (Å²) in [4.78, 5) is 2.44. The van der Waals surface area contributed by atoms with E-state index < -0.39 is 0 Å². The van der Waals surface area contributed by atoms with Crippen molar-refractivity contribution in [2.45, 2.75) is 46.1 Å². The minimum absolute atomic E-state index is 0.663. The molecule has 0 aromatic rings. The van der Waals surface area contributed by atoms with Gasteiger partial charge in [-0.1, -0.05) is 20.3 Å². The maximum atomic E-state index is 5.57. The van der Waals surface area contributed by atoms with Gasteiger partial charge in [-0.25, -0.2) is 0 Å². The van der Waals surface area contributed by atoms with E-state index in [9.17, 15) is 0 Å². The van der Waals surface area contributed by atoms with Gasteiger partial charge in [0.1, 0.15) is 0 Å². The summed E-state index contributed by atoms with van der Waals surface area (Å²) in [7, 11) is 2.21. The van der Waals surface area contributed by atoms with Crippen molar-refractivity contribution in [3.8, 4) is 0 Å². The molecule has 0 aliphatic carbocycles. The monoisotopic (exact) mass is 186 g/mol. The average molecular weight is 186 g/mol. The number of rotatable bonds is 7. The molecule has 0 aromatic heterocycles. The van der Waals surface area contributed by atoms with Crippen LogP contribution < -0.4 is 5.73 Å². The van der Waals surface area contributed by atoms with Crippen LogP contribution in [-0.2, 0) is 0 Å². The molecule has 2 N–H and O–H groups in total. The molecule has 2 unspecified atom stereocenters. The minimum atomic E-state index is 0.663. The maximum Gasteiger partial charge on any atom is 0.00637 e. The third-order valence-corrected chi connectivity index (χ3v) is 2.84. The van der Waals surface area contributed by atoms with E-state index in [1.165, 1.54) is 25.8 Å². The second-order valence-corrected chi connectivity index (χ2v) is 4.25. The fourth-order valence-corrected chi connectivity index (χ4v) is 1.40. The fourth-order valence-electron chi connectivity index (χ4n) is 1.40. The molecule has 2 nitrogen and oxygen atoms in total. The first-order chi connectivity index (χ1) is 6.11. The van der Waals surface area contributed by atoms with Gasteiger partial charge < -0.3 is 10.6 Å². The highest BCUT2D eigenvalue weighted by atomic mass is 15.1. The van der Waals surface area contributed by atoms with Crippen molar-refractivity contribution in [3.63, 3.8) is 0 Å². The fraction of sp³-hybridized carbons (Fsp3) is 1.00. The van der Waals surface area contributed by atoms with Crippen molar-refractivity contribution in [2.75, 3.05) is 20.1 Å². The summed E-state index contributed by atoms with van der Waals surface area (Å²) in [6, 6.07) is 0.718. The zero-order valence-electron chi connectivity index (χ0n) is 9.71. The lowest BCUT2D eigenvalue weighted by Crippen LogP contribution is -2.31.